The first-order valence-corrected chi connectivity index (χ1v) is 9.37. The number of carbonyl (C=O) groups is 2. The lowest BCUT2D eigenvalue weighted by Crippen LogP contribution is -2.48. The van der Waals surface area contributed by atoms with Crippen LogP contribution in [0.25, 0.3) is 0 Å². The van der Waals surface area contributed by atoms with E-state index in [1.165, 1.54) is 25.9 Å². The number of likely N-dealkylation sites (N-methyl/N-ethyl adjacent to an activating group) is 1. The van der Waals surface area contributed by atoms with Gasteiger partial charge >= 0.3 is 0 Å². The highest BCUT2D eigenvalue weighted by molar-refractivity contribution is 5.83. The van der Waals surface area contributed by atoms with Gasteiger partial charge < -0.3 is 19.6 Å². The summed E-state index contributed by atoms with van der Waals surface area (Å²) in [6, 6.07) is 0. The lowest BCUT2D eigenvalue weighted by Gasteiger charge is -2.34. The van der Waals surface area contributed by atoms with E-state index in [-0.39, 0.29) is 17.7 Å². The molecular formula is C18H34N4O2. The zero-order valence-electron chi connectivity index (χ0n) is 15.7. The predicted molar refractivity (Wildman–Crippen MR) is 95.8 cm³/mol. The summed E-state index contributed by atoms with van der Waals surface area (Å²) in [6.45, 7) is 6.48. The van der Waals surface area contributed by atoms with Crippen molar-refractivity contribution in [3.8, 4) is 0 Å². The Labute approximate surface area is 146 Å². The van der Waals surface area contributed by atoms with Crippen LogP contribution in [-0.2, 0) is 9.59 Å². The van der Waals surface area contributed by atoms with Crippen molar-refractivity contribution in [2.75, 3.05) is 67.0 Å². The van der Waals surface area contributed by atoms with Crippen LogP contribution in [0.1, 0.15) is 32.1 Å². The smallest absolute Gasteiger partial charge is 0.227 e. The Hall–Kier alpha value is -1.14. The lowest BCUT2D eigenvalue weighted by atomic mass is 9.96. The van der Waals surface area contributed by atoms with E-state index in [4.69, 9.17) is 0 Å². The van der Waals surface area contributed by atoms with Crippen LogP contribution in [-0.4, -0.2) is 98.4 Å². The van der Waals surface area contributed by atoms with Gasteiger partial charge in [-0.05, 0) is 59.4 Å². The van der Waals surface area contributed by atoms with Gasteiger partial charge in [-0.3, -0.25) is 9.59 Å². The van der Waals surface area contributed by atoms with Crippen LogP contribution in [0, 0.1) is 5.92 Å². The molecule has 0 aliphatic carbocycles. The van der Waals surface area contributed by atoms with E-state index in [2.05, 4.69) is 9.80 Å². The van der Waals surface area contributed by atoms with Gasteiger partial charge in [0, 0.05) is 39.6 Å². The number of hydrogen-bond acceptors (Lipinski definition) is 4. The van der Waals surface area contributed by atoms with Gasteiger partial charge in [0.05, 0.1) is 5.92 Å². The highest BCUT2D eigenvalue weighted by Gasteiger charge is 2.31. The third kappa shape index (κ3) is 5.74. The first-order valence-electron chi connectivity index (χ1n) is 9.37. The quantitative estimate of drug-likeness (QED) is 0.655. The molecule has 24 heavy (non-hydrogen) atoms. The summed E-state index contributed by atoms with van der Waals surface area (Å²) >= 11 is 0. The van der Waals surface area contributed by atoms with Crippen LogP contribution < -0.4 is 0 Å². The van der Waals surface area contributed by atoms with Crippen LogP contribution in [0.15, 0.2) is 0 Å². The fourth-order valence-electron chi connectivity index (χ4n) is 3.61. The van der Waals surface area contributed by atoms with Crippen molar-refractivity contribution >= 4 is 11.8 Å². The van der Waals surface area contributed by atoms with Crippen molar-refractivity contribution in [2.45, 2.75) is 32.1 Å². The molecular weight excluding hydrogens is 304 g/mol. The molecule has 6 nitrogen and oxygen atoms in total. The van der Waals surface area contributed by atoms with Gasteiger partial charge in [-0.1, -0.05) is 0 Å². The number of nitrogens with zero attached hydrogens (tertiary/aromatic N) is 4. The first kappa shape index (κ1) is 19.2. The summed E-state index contributed by atoms with van der Waals surface area (Å²) in [6.07, 6.45) is 4.87. The highest BCUT2D eigenvalue weighted by atomic mass is 16.2. The summed E-state index contributed by atoms with van der Waals surface area (Å²) in [5.74, 6) is 0.373. The van der Waals surface area contributed by atoms with Gasteiger partial charge in [-0.2, -0.15) is 0 Å². The monoisotopic (exact) mass is 338 g/mol. The molecule has 2 amide bonds. The molecule has 2 fully saturated rings. The highest BCUT2D eigenvalue weighted by Crippen LogP contribution is 2.19. The average molecular weight is 338 g/mol. The molecule has 2 rings (SSSR count). The Balaban J connectivity index is 1.74. The zero-order chi connectivity index (χ0) is 17.5. The minimum Gasteiger partial charge on any atom is -0.345 e. The SMILES string of the molecule is CN(C)CCN1C[C@H](C(=O)N(C)CCCN2CCCC2)CCC1=O. The largest absolute Gasteiger partial charge is 0.345 e. The number of piperidine rings is 1. The van der Waals surface area contributed by atoms with Crippen LogP contribution in [0.3, 0.4) is 0 Å². The van der Waals surface area contributed by atoms with Crippen molar-refractivity contribution in [1.29, 1.82) is 0 Å². The predicted octanol–water partition coefficient (Wildman–Crippen LogP) is 0.731. The standard InChI is InChI=1S/C18H34N4O2/c1-19(2)13-14-22-15-16(7-8-17(22)23)18(24)20(3)9-6-12-21-10-4-5-11-21/h16H,4-15H2,1-3H3/t16-/m1/s1. The summed E-state index contributed by atoms with van der Waals surface area (Å²) in [5.41, 5.74) is 0. The number of hydrogen-bond donors (Lipinski definition) is 0. The second-order valence-electron chi connectivity index (χ2n) is 7.54. The van der Waals surface area contributed by atoms with Crippen LogP contribution in [0.5, 0.6) is 0 Å². The third-order valence-corrected chi connectivity index (χ3v) is 5.21. The Bertz CT molecular complexity index is 421. The van der Waals surface area contributed by atoms with E-state index in [0.29, 0.717) is 25.9 Å². The lowest BCUT2D eigenvalue weighted by molar-refractivity contribution is -0.142. The van der Waals surface area contributed by atoms with Crippen molar-refractivity contribution in [3.05, 3.63) is 0 Å². The van der Waals surface area contributed by atoms with Crippen LogP contribution in [0.4, 0.5) is 0 Å². The topological polar surface area (TPSA) is 47.1 Å². The molecule has 0 unspecified atom stereocenters. The number of carbonyl (C=O) groups excluding carboxylic acids is 2. The second kappa shape index (κ2) is 9.37. The Kier molecular flexibility index (Phi) is 7.49. The molecule has 0 aromatic rings. The van der Waals surface area contributed by atoms with Crippen LogP contribution in [0.2, 0.25) is 0 Å². The second-order valence-corrected chi connectivity index (χ2v) is 7.54. The summed E-state index contributed by atoms with van der Waals surface area (Å²) in [7, 11) is 5.92. The molecule has 0 aromatic heterocycles. The Morgan fingerprint density at radius 2 is 1.83 bits per heavy atom. The molecule has 2 aliphatic heterocycles. The van der Waals surface area contributed by atoms with E-state index in [1.807, 2.05) is 30.9 Å². The van der Waals surface area contributed by atoms with Gasteiger partial charge in [-0.25, -0.2) is 0 Å². The number of amides is 2. The van der Waals surface area contributed by atoms with Gasteiger partial charge in [0.25, 0.3) is 0 Å². The molecule has 0 aromatic carbocycles. The Morgan fingerprint density at radius 3 is 2.50 bits per heavy atom. The maximum absolute atomic E-state index is 12.7. The minimum atomic E-state index is -0.0263. The normalized spacial score (nSPS) is 22.4. The number of likely N-dealkylation sites (tertiary alicyclic amines) is 2. The van der Waals surface area contributed by atoms with Gasteiger partial charge in [-0.15, -0.1) is 0 Å². The van der Waals surface area contributed by atoms with Crippen molar-refractivity contribution in [2.24, 2.45) is 5.92 Å². The fraction of sp³-hybridized carbons (Fsp3) is 0.889. The molecule has 138 valence electrons. The maximum atomic E-state index is 12.7. The summed E-state index contributed by atoms with van der Waals surface area (Å²) in [4.78, 5) is 33.0. The average Bonchev–Trinajstić information content (AvgIpc) is 3.06. The molecule has 1 atom stereocenters. The molecule has 0 spiro atoms. The van der Waals surface area contributed by atoms with Crippen LogP contribution >= 0.6 is 0 Å². The maximum Gasteiger partial charge on any atom is 0.227 e. The van der Waals surface area contributed by atoms with Gasteiger partial charge in [0.2, 0.25) is 11.8 Å². The molecule has 2 aliphatic rings. The molecule has 0 radical (unpaired) electrons. The molecule has 0 N–H and O–H groups in total. The van der Waals surface area contributed by atoms with E-state index >= 15 is 0 Å². The minimum absolute atomic E-state index is 0.0263. The molecule has 0 bridgehead atoms. The summed E-state index contributed by atoms with van der Waals surface area (Å²) in [5, 5.41) is 0. The van der Waals surface area contributed by atoms with E-state index in [9.17, 15) is 9.59 Å². The van der Waals surface area contributed by atoms with Crippen molar-refractivity contribution in [3.63, 3.8) is 0 Å². The zero-order valence-corrected chi connectivity index (χ0v) is 15.7. The van der Waals surface area contributed by atoms with Gasteiger partial charge in [0.1, 0.15) is 0 Å². The third-order valence-electron chi connectivity index (χ3n) is 5.21. The molecule has 2 heterocycles. The molecule has 6 heteroatoms. The molecule has 2 saturated heterocycles. The fourth-order valence-corrected chi connectivity index (χ4v) is 3.61. The van der Waals surface area contributed by atoms with E-state index in [1.54, 1.807) is 0 Å². The number of rotatable bonds is 8. The van der Waals surface area contributed by atoms with Crippen molar-refractivity contribution in [1.82, 2.24) is 19.6 Å². The Morgan fingerprint density at radius 1 is 1.12 bits per heavy atom. The van der Waals surface area contributed by atoms with E-state index < -0.39 is 0 Å². The molecule has 0 saturated carbocycles. The van der Waals surface area contributed by atoms with Crippen molar-refractivity contribution < 1.29 is 9.59 Å². The summed E-state index contributed by atoms with van der Waals surface area (Å²) < 4.78 is 0. The van der Waals surface area contributed by atoms with E-state index in [0.717, 1.165) is 26.1 Å². The van der Waals surface area contributed by atoms with Gasteiger partial charge in [0.15, 0.2) is 0 Å². The first-order chi connectivity index (χ1) is 11.5.